The van der Waals surface area contributed by atoms with Gasteiger partial charge in [-0.1, -0.05) is 23.5 Å². The van der Waals surface area contributed by atoms with Gasteiger partial charge in [-0.15, -0.1) is 0 Å². The number of carbonyl (C=O) groups is 1. The molecule has 0 unspecified atom stereocenters. The first-order valence-corrected chi connectivity index (χ1v) is 10.4. The Morgan fingerprint density at radius 1 is 1.11 bits per heavy atom. The molecule has 7 heteroatoms. The fourth-order valence-corrected chi connectivity index (χ4v) is 4.56. The number of halogens is 1. The van der Waals surface area contributed by atoms with E-state index < -0.39 is 5.82 Å². The van der Waals surface area contributed by atoms with Gasteiger partial charge in [0.05, 0.1) is 5.56 Å². The second-order valence-electron chi connectivity index (χ2n) is 7.15. The molecule has 2 saturated heterocycles. The molecule has 27 heavy (non-hydrogen) atoms. The van der Waals surface area contributed by atoms with Crippen LogP contribution in [0, 0.1) is 5.82 Å². The average Bonchev–Trinajstić information content (AvgIpc) is 3.22. The molecule has 0 radical (unpaired) electrons. The van der Waals surface area contributed by atoms with Crippen LogP contribution in [0.1, 0.15) is 36.0 Å². The van der Waals surface area contributed by atoms with E-state index in [0.29, 0.717) is 19.1 Å². The van der Waals surface area contributed by atoms with Gasteiger partial charge in [-0.05, 0) is 37.8 Å². The Hall–Kier alpha value is -1.99. The van der Waals surface area contributed by atoms with Gasteiger partial charge in [0.25, 0.3) is 11.1 Å². The van der Waals surface area contributed by atoms with Crippen molar-refractivity contribution in [1.29, 1.82) is 0 Å². The molecular weight excluding hydrogens is 365 g/mol. The van der Waals surface area contributed by atoms with E-state index in [9.17, 15) is 9.18 Å². The number of thiazole rings is 1. The van der Waals surface area contributed by atoms with Crippen molar-refractivity contribution >= 4 is 17.2 Å². The number of ether oxygens (including phenoxy) is 1. The van der Waals surface area contributed by atoms with E-state index in [2.05, 4.69) is 9.88 Å². The Morgan fingerprint density at radius 3 is 2.52 bits per heavy atom. The Balaban J connectivity index is 1.25. The van der Waals surface area contributed by atoms with Crippen molar-refractivity contribution in [2.24, 2.45) is 0 Å². The standard InChI is InChI=1S/C20H24FN3O2S/c21-18-4-2-1-3-17(18)19(25)24-10-5-15(6-11-24)23-12-7-16(8-13-23)26-20-22-9-14-27-20/h1-4,9,14-16H,5-8,10-13H2. The molecule has 1 aromatic heterocycles. The van der Waals surface area contributed by atoms with Crippen molar-refractivity contribution in [2.45, 2.75) is 37.8 Å². The molecule has 1 amide bonds. The monoisotopic (exact) mass is 389 g/mol. The number of nitrogens with zero attached hydrogens (tertiary/aromatic N) is 3. The van der Waals surface area contributed by atoms with E-state index in [-0.39, 0.29) is 17.6 Å². The van der Waals surface area contributed by atoms with Crippen LogP contribution in [-0.2, 0) is 0 Å². The summed E-state index contributed by atoms with van der Waals surface area (Å²) in [7, 11) is 0. The third-order valence-electron chi connectivity index (χ3n) is 5.53. The molecule has 2 aliphatic rings. The predicted octanol–water partition coefficient (Wildman–Crippen LogP) is 3.43. The summed E-state index contributed by atoms with van der Waals surface area (Å²) in [6.45, 7) is 3.41. The van der Waals surface area contributed by atoms with E-state index in [1.807, 2.05) is 5.38 Å². The average molecular weight is 389 g/mol. The van der Waals surface area contributed by atoms with Crippen LogP contribution in [0.4, 0.5) is 4.39 Å². The highest BCUT2D eigenvalue weighted by molar-refractivity contribution is 7.11. The highest BCUT2D eigenvalue weighted by Crippen LogP contribution is 2.25. The number of amides is 1. The predicted molar refractivity (Wildman–Crippen MR) is 103 cm³/mol. The molecule has 0 spiro atoms. The number of carbonyl (C=O) groups excluding carboxylic acids is 1. The number of benzene rings is 1. The molecule has 5 nitrogen and oxygen atoms in total. The molecule has 2 fully saturated rings. The zero-order valence-electron chi connectivity index (χ0n) is 15.2. The van der Waals surface area contributed by atoms with Crippen LogP contribution in [0.2, 0.25) is 0 Å². The number of likely N-dealkylation sites (tertiary alicyclic amines) is 2. The lowest BCUT2D eigenvalue weighted by Gasteiger charge is -2.41. The third-order valence-corrected chi connectivity index (χ3v) is 6.19. The summed E-state index contributed by atoms with van der Waals surface area (Å²) in [6, 6.07) is 6.73. The van der Waals surface area contributed by atoms with Gasteiger partial charge in [0, 0.05) is 43.8 Å². The zero-order valence-corrected chi connectivity index (χ0v) is 16.0. The molecule has 0 N–H and O–H groups in total. The summed E-state index contributed by atoms with van der Waals surface area (Å²) in [5.74, 6) is -0.631. The lowest BCUT2D eigenvalue weighted by Crippen LogP contribution is -2.50. The van der Waals surface area contributed by atoms with Gasteiger partial charge >= 0.3 is 0 Å². The smallest absolute Gasteiger partial charge is 0.273 e. The summed E-state index contributed by atoms with van der Waals surface area (Å²) >= 11 is 1.54. The van der Waals surface area contributed by atoms with Crippen molar-refractivity contribution in [1.82, 2.24) is 14.8 Å². The Kier molecular flexibility index (Phi) is 5.69. The molecule has 0 aliphatic carbocycles. The zero-order chi connectivity index (χ0) is 18.6. The molecule has 2 aromatic rings. The minimum atomic E-state index is -0.438. The van der Waals surface area contributed by atoms with E-state index >= 15 is 0 Å². The first kappa shape index (κ1) is 18.4. The highest BCUT2D eigenvalue weighted by atomic mass is 32.1. The highest BCUT2D eigenvalue weighted by Gasteiger charge is 2.31. The molecule has 3 heterocycles. The Labute approximate surface area is 162 Å². The van der Waals surface area contributed by atoms with E-state index in [1.54, 1.807) is 29.3 Å². The quantitative estimate of drug-likeness (QED) is 0.804. The van der Waals surface area contributed by atoms with Crippen molar-refractivity contribution < 1.29 is 13.9 Å². The molecule has 1 aromatic carbocycles. The second-order valence-corrected chi connectivity index (χ2v) is 8.01. The first-order valence-electron chi connectivity index (χ1n) is 9.54. The minimum Gasteiger partial charge on any atom is -0.467 e. The third kappa shape index (κ3) is 4.30. The fraction of sp³-hybridized carbons (Fsp3) is 0.500. The van der Waals surface area contributed by atoms with Crippen LogP contribution in [-0.4, -0.2) is 59.0 Å². The lowest BCUT2D eigenvalue weighted by molar-refractivity contribution is 0.0423. The lowest BCUT2D eigenvalue weighted by atomic mass is 9.98. The van der Waals surface area contributed by atoms with Gasteiger partial charge in [0.1, 0.15) is 11.9 Å². The summed E-state index contributed by atoms with van der Waals surface area (Å²) < 4.78 is 19.8. The Morgan fingerprint density at radius 2 is 1.85 bits per heavy atom. The molecule has 0 atom stereocenters. The van der Waals surface area contributed by atoms with Crippen LogP contribution in [0.15, 0.2) is 35.8 Å². The van der Waals surface area contributed by atoms with Gasteiger partial charge in [-0.3, -0.25) is 9.69 Å². The van der Waals surface area contributed by atoms with Gasteiger partial charge in [0.2, 0.25) is 0 Å². The minimum absolute atomic E-state index is 0.177. The summed E-state index contributed by atoms with van der Waals surface area (Å²) in [5.41, 5.74) is 0.177. The van der Waals surface area contributed by atoms with Gasteiger partial charge < -0.3 is 9.64 Å². The molecular formula is C20H24FN3O2S. The van der Waals surface area contributed by atoms with E-state index in [1.165, 1.54) is 17.4 Å². The molecule has 0 saturated carbocycles. The molecule has 144 valence electrons. The normalized spacial score (nSPS) is 20.0. The number of aromatic nitrogens is 1. The van der Waals surface area contributed by atoms with Crippen LogP contribution in [0.5, 0.6) is 5.19 Å². The van der Waals surface area contributed by atoms with Gasteiger partial charge in [0.15, 0.2) is 0 Å². The van der Waals surface area contributed by atoms with Crippen LogP contribution in [0.25, 0.3) is 0 Å². The van der Waals surface area contributed by atoms with Crippen LogP contribution in [0.3, 0.4) is 0 Å². The van der Waals surface area contributed by atoms with E-state index in [4.69, 9.17) is 4.74 Å². The second kappa shape index (κ2) is 8.35. The van der Waals surface area contributed by atoms with Gasteiger partial charge in [-0.25, -0.2) is 9.37 Å². The summed E-state index contributed by atoms with van der Waals surface area (Å²) in [5, 5.41) is 2.69. The summed E-state index contributed by atoms with van der Waals surface area (Å²) in [6.07, 6.45) is 5.92. The van der Waals surface area contributed by atoms with Crippen molar-refractivity contribution in [3.63, 3.8) is 0 Å². The first-order chi connectivity index (χ1) is 13.2. The van der Waals surface area contributed by atoms with E-state index in [0.717, 1.165) is 44.0 Å². The Bertz CT molecular complexity index is 754. The van der Waals surface area contributed by atoms with Gasteiger partial charge in [-0.2, -0.15) is 0 Å². The maximum atomic E-state index is 13.9. The number of hydrogen-bond acceptors (Lipinski definition) is 5. The number of rotatable bonds is 4. The van der Waals surface area contributed by atoms with Crippen LogP contribution >= 0.6 is 11.3 Å². The maximum absolute atomic E-state index is 13.9. The molecule has 2 aliphatic heterocycles. The molecule has 4 rings (SSSR count). The molecule has 0 bridgehead atoms. The van der Waals surface area contributed by atoms with Crippen molar-refractivity contribution in [3.05, 3.63) is 47.2 Å². The SMILES string of the molecule is O=C(c1ccccc1F)N1CCC(N2CCC(Oc3nccs3)CC2)CC1. The maximum Gasteiger partial charge on any atom is 0.273 e. The summed E-state index contributed by atoms with van der Waals surface area (Å²) in [4.78, 5) is 21.0. The topological polar surface area (TPSA) is 45.7 Å². The number of piperidine rings is 2. The largest absolute Gasteiger partial charge is 0.467 e. The number of hydrogen-bond donors (Lipinski definition) is 0. The van der Waals surface area contributed by atoms with Crippen molar-refractivity contribution in [2.75, 3.05) is 26.2 Å². The van der Waals surface area contributed by atoms with Crippen LogP contribution < -0.4 is 4.74 Å². The fourth-order valence-electron chi connectivity index (χ4n) is 4.01. The van der Waals surface area contributed by atoms with Crippen molar-refractivity contribution in [3.8, 4) is 5.19 Å².